The molecule has 1 N–H and O–H groups in total. The van der Waals surface area contributed by atoms with Crippen molar-refractivity contribution in [2.75, 3.05) is 0 Å². The molecule has 0 bridgehead atoms. The second kappa shape index (κ2) is 10.9. The Morgan fingerprint density at radius 1 is 1.32 bits per heavy atom. The zero-order valence-electron chi connectivity index (χ0n) is 18.2. The molecule has 12 heteroatoms. The van der Waals surface area contributed by atoms with Gasteiger partial charge in [0, 0.05) is 27.0 Å². The molecule has 0 aliphatic heterocycles. The van der Waals surface area contributed by atoms with Crippen molar-refractivity contribution in [3.8, 4) is 5.75 Å². The molecule has 0 amide bonds. The lowest BCUT2D eigenvalue weighted by atomic mass is 10.2. The molecule has 1 heterocycles. The summed E-state index contributed by atoms with van der Waals surface area (Å²) in [5, 5.41) is 25.5. The van der Waals surface area contributed by atoms with E-state index in [1.165, 1.54) is 25.3 Å². The zero-order valence-corrected chi connectivity index (χ0v) is 21.4. The molecule has 10 nitrogen and oxygen atoms in total. The van der Waals surface area contributed by atoms with Gasteiger partial charge in [0.05, 0.1) is 22.0 Å². The molecule has 1 aromatic heterocycles. The Morgan fingerprint density at radius 3 is 2.71 bits per heavy atom. The Balaban J connectivity index is 2.20. The third-order valence-electron chi connectivity index (χ3n) is 4.84. The number of fused-ring (bicyclic) bond motifs is 1. The Kier molecular flexibility index (Phi) is 8.15. The molecule has 0 unspecified atom stereocenters. The van der Waals surface area contributed by atoms with Gasteiger partial charge >= 0.3 is 11.7 Å². The zero-order chi connectivity index (χ0) is 25.0. The first-order valence-corrected chi connectivity index (χ1v) is 11.8. The van der Waals surface area contributed by atoms with Crippen molar-refractivity contribution in [1.29, 1.82) is 0 Å². The van der Waals surface area contributed by atoms with E-state index in [1.54, 1.807) is 18.2 Å². The van der Waals surface area contributed by atoms with E-state index in [0.717, 1.165) is 17.5 Å². The lowest BCUT2D eigenvalue weighted by molar-refractivity contribution is -0.386. The first-order valence-electron chi connectivity index (χ1n) is 10.2. The fraction of sp³-hybridized carbons (Fsp3) is 0.273. The number of ether oxygens (including phenoxy) is 1. The monoisotopic (exact) mass is 594 g/mol. The highest BCUT2D eigenvalue weighted by Gasteiger charge is 2.25. The number of aromatic nitrogens is 2. The number of nitro groups is 1. The number of hydrogen-bond acceptors (Lipinski definition) is 7. The number of unbranched alkanes of at least 4 members (excludes halogenated alkanes) is 1. The van der Waals surface area contributed by atoms with Crippen LogP contribution in [-0.2, 0) is 11.2 Å². The van der Waals surface area contributed by atoms with Crippen LogP contribution in [0.4, 0.5) is 5.69 Å². The van der Waals surface area contributed by atoms with E-state index in [-0.39, 0.29) is 11.3 Å². The second-order valence-electron chi connectivity index (χ2n) is 7.35. The van der Waals surface area contributed by atoms with E-state index in [9.17, 15) is 24.8 Å². The predicted molar refractivity (Wildman–Crippen MR) is 134 cm³/mol. The topological polar surface area (TPSA) is 137 Å². The van der Waals surface area contributed by atoms with Crippen molar-refractivity contribution in [3.63, 3.8) is 0 Å². The molecule has 0 aliphatic carbocycles. The number of carboxylic acid groups (broad SMARTS) is 1. The van der Waals surface area contributed by atoms with Gasteiger partial charge in [0.15, 0.2) is 6.10 Å². The van der Waals surface area contributed by atoms with Gasteiger partial charge < -0.3 is 9.84 Å². The number of halogens is 2. The second-order valence-corrected chi connectivity index (χ2v) is 9.18. The highest BCUT2D eigenvalue weighted by molar-refractivity contribution is 9.10. The number of aryl methyl sites for hydroxylation is 1. The number of nitro benzene ring substituents is 1. The molecule has 1 atom stereocenters. The summed E-state index contributed by atoms with van der Waals surface area (Å²) in [6, 6.07) is 7.87. The molecule has 178 valence electrons. The number of rotatable bonds is 9. The summed E-state index contributed by atoms with van der Waals surface area (Å²) >= 11 is 6.57. The van der Waals surface area contributed by atoms with Gasteiger partial charge in [-0.15, -0.1) is 0 Å². The average molecular weight is 596 g/mol. The van der Waals surface area contributed by atoms with Crippen molar-refractivity contribution in [1.82, 2.24) is 9.66 Å². The molecule has 0 saturated heterocycles. The summed E-state index contributed by atoms with van der Waals surface area (Å²) in [5.41, 5.74) is -0.192. The molecule has 0 fully saturated rings. The molecule has 0 radical (unpaired) electrons. The molecule has 0 aliphatic rings. The van der Waals surface area contributed by atoms with E-state index in [1.807, 2.05) is 6.92 Å². The Labute approximate surface area is 210 Å². The maximum absolute atomic E-state index is 13.2. The van der Waals surface area contributed by atoms with Gasteiger partial charge in [-0.2, -0.15) is 9.78 Å². The predicted octanol–water partition coefficient (Wildman–Crippen LogP) is 4.91. The number of nitrogens with zero attached hydrogens (tertiary/aromatic N) is 4. The maximum atomic E-state index is 13.2. The van der Waals surface area contributed by atoms with Crippen LogP contribution in [0.25, 0.3) is 10.9 Å². The van der Waals surface area contributed by atoms with Gasteiger partial charge in [-0.1, -0.05) is 45.2 Å². The number of hydrogen-bond donors (Lipinski definition) is 1. The number of carbonyl (C=O) groups is 1. The van der Waals surface area contributed by atoms with E-state index < -0.39 is 28.2 Å². The lowest BCUT2D eigenvalue weighted by Gasteiger charge is -2.14. The minimum atomic E-state index is -1.35. The minimum absolute atomic E-state index is 0.122. The van der Waals surface area contributed by atoms with Gasteiger partial charge in [-0.05, 0) is 37.6 Å². The summed E-state index contributed by atoms with van der Waals surface area (Å²) in [5.74, 6) is -1.13. The van der Waals surface area contributed by atoms with Crippen molar-refractivity contribution >= 4 is 60.6 Å². The SMILES string of the molecule is CCCCc1nc2ccc(Br)cc2c(=O)n1N=Cc1cc(Br)cc([N+](=O)[O-])c1O[C@@H](C)C(=O)O. The molecule has 0 saturated carbocycles. The molecule has 3 aromatic rings. The standard InChI is InChI=1S/C22H20Br2N4O6/c1-3-4-5-19-26-17-7-6-14(23)9-16(17)21(29)27(19)25-11-13-8-15(24)10-18(28(32)33)20(13)34-12(2)22(30)31/h6-12H,3-5H2,1-2H3,(H,30,31)/t12-/m0/s1. The smallest absolute Gasteiger partial charge is 0.344 e. The van der Waals surface area contributed by atoms with Crippen molar-refractivity contribution < 1.29 is 19.6 Å². The van der Waals surface area contributed by atoms with Gasteiger partial charge in [-0.3, -0.25) is 14.9 Å². The lowest BCUT2D eigenvalue weighted by Crippen LogP contribution is -2.24. The molecule has 3 rings (SSSR count). The third kappa shape index (κ3) is 5.68. The van der Waals surface area contributed by atoms with Crippen LogP contribution in [0.3, 0.4) is 0 Å². The fourth-order valence-electron chi connectivity index (χ4n) is 3.12. The number of carboxylic acids is 1. The Morgan fingerprint density at radius 2 is 2.06 bits per heavy atom. The summed E-state index contributed by atoms with van der Waals surface area (Å²) in [4.78, 5) is 40.0. The molecule has 2 aromatic carbocycles. The van der Waals surface area contributed by atoms with E-state index in [0.29, 0.717) is 32.1 Å². The average Bonchev–Trinajstić information content (AvgIpc) is 2.78. The van der Waals surface area contributed by atoms with E-state index >= 15 is 0 Å². The first kappa shape index (κ1) is 25.5. The molecule has 0 spiro atoms. The van der Waals surface area contributed by atoms with Gasteiger partial charge in [0.25, 0.3) is 5.56 Å². The Hall–Kier alpha value is -3.12. The van der Waals surface area contributed by atoms with Crippen LogP contribution in [0, 0.1) is 10.1 Å². The normalized spacial score (nSPS) is 12.2. The molecular weight excluding hydrogens is 576 g/mol. The quantitative estimate of drug-likeness (QED) is 0.211. The van der Waals surface area contributed by atoms with Crippen molar-refractivity contribution in [2.24, 2.45) is 5.10 Å². The maximum Gasteiger partial charge on any atom is 0.344 e. The number of benzene rings is 2. The van der Waals surface area contributed by atoms with Crippen molar-refractivity contribution in [2.45, 2.75) is 39.2 Å². The first-order chi connectivity index (χ1) is 16.1. The van der Waals surface area contributed by atoms with E-state index in [4.69, 9.17) is 4.74 Å². The van der Waals surface area contributed by atoms with Crippen LogP contribution < -0.4 is 10.3 Å². The fourth-order valence-corrected chi connectivity index (χ4v) is 3.94. The van der Waals surface area contributed by atoms with Crippen molar-refractivity contribution in [3.05, 3.63) is 71.1 Å². The van der Waals surface area contributed by atoms with Crippen LogP contribution in [0.1, 0.15) is 38.1 Å². The van der Waals surface area contributed by atoms with Gasteiger partial charge in [-0.25, -0.2) is 9.78 Å². The number of aliphatic carboxylic acids is 1. The molecular formula is C22H20Br2N4O6. The third-order valence-corrected chi connectivity index (χ3v) is 5.79. The van der Waals surface area contributed by atoms with Crippen LogP contribution in [0.15, 0.2) is 49.2 Å². The summed E-state index contributed by atoms with van der Waals surface area (Å²) in [6.45, 7) is 3.27. The van der Waals surface area contributed by atoms with Crippen LogP contribution in [0.5, 0.6) is 5.75 Å². The summed E-state index contributed by atoms with van der Waals surface area (Å²) in [7, 11) is 0. The van der Waals surface area contributed by atoms with Gasteiger partial charge in [0.2, 0.25) is 5.75 Å². The molecule has 34 heavy (non-hydrogen) atoms. The van der Waals surface area contributed by atoms with E-state index in [2.05, 4.69) is 41.9 Å². The van der Waals surface area contributed by atoms with Crippen LogP contribution in [0.2, 0.25) is 0 Å². The summed E-state index contributed by atoms with van der Waals surface area (Å²) < 4.78 is 7.61. The summed E-state index contributed by atoms with van der Waals surface area (Å²) in [6.07, 6.45) is 2.02. The van der Waals surface area contributed by atoms with Gasteiger partial charge in [0.1, 0.15) is 5.82 Å². The van der Waals surface area contributed by atoms with Crippen LogP contribution >= 0.6 is 31.9 Å². The van der Waals surface area contributed by atoms with Crippen LogP contribution in [-0.4, -0.2) is 38.0 Å². The minimum Gasteiger partial charge on any atom is -0.479 e. The largest absolute Gasteiger partial charge is 0.479 e. The Bertz CT molecular complexity index is 1360. The highest BCUT2D eigenvalue weighted by atomic mass is 79.9. The highest BCUT2D eigenvalue weighted by Crippen LogP contribution is 2.34.